The fraction of sp³-hybridized carbons (Fsp3) is 0.292. The zero-order valence-electron chi connectivity index (χ0n) is 18.8. The molecule has 3 N–H and O–H groups in total. The average Bonchev–Trinajstić information content (AvgIpc) is 3.62. The third-order valence-corrected chi connectivity index (χ3v) is 7.70. The van der Waals surface area contributed by atoms with Gasteiger partial charge < -0.3 is 10.6 Å². The van der Waals surface area contributed by atoms with Crippen LogP contribution in [0.25, 0.3) is 27.5 Å². The number of hydrogen-bond acceptors (Lipinski definition) is 7. The van der Waals surface area contributed by atoms with Gasteiger partial charge in [0.05, 0.1) is 32.7 Å². The molecule has 9 nitrogen and oxygen atoms in total. The Labute approximate surface area is 211 Å². The minimum atomic E-state index is -0.232. The Balaban J connectivity index is 1.36. The second-order valence-electron chi connectivity index (χ2n) is 8.65. The SMILES string of the molecule is O=C(NCC1CCNC1)Nc1nc2c(s1)-c1c(c(-c3cncnc3)nn1-c1ccccc1Cl)CC2. The van der Waals surface area contributed by atoms with Crippen LogP contribution in [-0.2, 0) is 12.8 Å². The number of nitrogens with zero attached hydrogens (tertiary/aromatic N) is 5. The Kier molecular flexibility index (Phi) is 5.93. The number of amides is 2. The molecule has 1 fully saturated rings. The number of carbonyl (C=O) groups excluding carboxylic acids is 1. The first-order valence-electron chi connectivity index (χ1n) is 11.5. The minimum Gasteiger partial charge on any atom is -0.337 e. The molecule has 1 aromatic carbocycles. The van der Waals surface area contributed by atoms with E-state index < -0.39 is 0 Å². The van der Waals surface area contributed by atoms with Crippen LogP contribution in [0.1, 0.15) is 17.7 Å². The van der Waals surface area contributed by atoms with Gasteiger partial charge in [-0.1, -0.05) is 35.1 Å². The summed E-state index contributed by atoms with van der Waals surface area (Å²) in [6.45, 7) is 2.59. The van der Waals surface area contributed by atoms with Gasteiger partial charge in [0.1, 0.15) is 6.33 Å². The zero-order chi connectivity index (χ0) is 23.8. The van der Waals surface area contributed by atoms with Gasteiger partial charge in [0.25, 0.3) is 0 Å². The van der Waals surface area contributed by atoms with Crippen molar-refractivity contribution in [1.29, 1.82) is 0 Å². The van der Waals surface area contributed by atoms with E-state index in [0.29, 0.717) is 22.6 Å². The monoisotopic (exact) mass is 506 g/mol. The summed E-state index contributed by atoms with van der Waals surface area (Å²) in [5, 5.41) is 15.3. The normalized spacial score (nSPS) is 16.5. The van der Waals surface area contributed by atoms with Gasteiger partial charge in [0, 0.05) is 30.1 Å². The topological polar surface area (TPSA) is 110 Å². The lowest BCUT2D eigenvalue weighted by atomic mass is 9.96. The number of anilines is 1. The number of fused-ring (bicyclic) bond motifs is 3. The maximum absolute atomic E-state index is 12.5. The first-order valence-corrected chi connectivity index (χ1v) is 12.7. The van der Waals surface area contributed by atoms with Gasteiger partial charge in [0.2, 0.25) is 0 Å². The highest BCUT2D eigenvalue weighted by atomic mass is 35.5. The number of thiazole rings is 1. The largest absolute Gasteiger partial charge is 0.337 e. The Morgan fingerprint density at radius 2 is 2.09 bits per heavy atom. The van der Waals surface area contributed by atoms with Gasteiger partial charge in [-0.15, -0.1) is 0 Å². The number of aryl methyl sites for hydroxylation is 1. The van der Waals surface area contributed by atoms with E-state index in [1.54, 1.807) is 12.4 Å². The number of para-hydroxylation sites is 1. The van der Waals surface area contributed by atoms with E-state index >= 15 is 0 Å². The summed E-state index contributed by atoms with van der Waals surface area (Å²) in [7, 11) is 0. The number of halogens is 1. The van der Waals surface area contributed by atoms with E-state index in [1.165, 1.54) is 17.7 Å². The second-order valence-corrected chi connectivity index (χ2v) is 10.1. The van der Waals surface area contributed by atoms with E-state index in [9.17, 15) is 4.79 Å². The van der Waals surface area contributed by atoms with Crippen LogP contribution in [0.2, 0.25) is 5.02 Å². The zero-order valence-corrected chi connectivity index (χ0v) is 20.4. The molecule has 0 spiro atoms. The molecule has 1 atom stereocenters. The predicted octanol–water partition coefficient (Wildman–Crippen LogP) is 3.94. The van der Waals surface area contributed by atoms with Crippen LogP contribution in [0, 0.1) is 5.92 Å². The van der Waals surface area contributed by atoms with Crippen molar-refractivity contribution in [3.63, 3.8) is 0 Å². The van der Waals surface area contributed by atoms with Crippen molar-refractivity contribution in [2.24, 2.45) is 5.92 Å². The standard InChI is InChI=1S/C24H23ClN8OS/c25-17-3-1-2-4-19(17)33-21-16(20(32-33)15-11-27-13-28-12-15)5-6-18-22(21)35-24(30-18)31-23(34)29-10-14-7-8-26-9-14/h1-4,11-14,26H,5-10H2,(H2,29,30,31,34). The Morgan fingerprint density at radius 1 is 1.23 bits per heavy atom. The number of carbonyl (C=O) groups is 1. The number of aromatic nitrogens is 5. The van der Waals surface area contributed by atoms with Crippen molar-refractivity contribution in [2.75, 3.05) is 25.0 Å². The molecule has 178 valence electrons. The van der Waals surface area contributed by atoms with Crippen molar-refractivity contribution in [3.8, 4) is 27.5 Å². The summed E-state index contributed by atoms with van der Waals surface area (Å²) in [6, 6.07) is 7.40. The number of benzene rings is 1. The molecular weight excluding hydrogens is 484 g/mol. The highest BCUT2D eigenvalue weighted by Crippen LogP contribution is 2.44. The molecule has 0 bridgehead atoms. The number of nitrogens with one attached hydrogen (secondary N) is 3. The molecule has 1 aliphatic carbocycles. The molecule has 0 radical (unpaired) electrons. The van der Waals surface area contributed by atoms with Crippen molar-refractivity contribution in [1.82, 2.24) is 35.4 Å². The maximum atomic E-state index is 12.5. The number of hydrogen-bond donors (Lipinski definition) is 3. The highest BCUT2D eigenvalue weighted by Gasteiger charge is 2.30. The van der Waals surface area contributed by atoms with E-state index in [-0.39, 0.29) is 6.03 Å². The summed E-state index contributed by atoms with van der Waals surface area (Å²) < 4.78 is 1.88. The molecular formula is C24H23ClN8OS. The van der Waals surface area contributed by atoms with Gasteiger partial charge >= 0.3 is 6.03 Å². The molecule has 2 aliphatic rings. The molecule has 35 heavy (non-hydrogen) atoms. The molecule has 1 aliphatic heterocycles. The second kappa shape index (κ2) is 9.37. The third-order valence-electron chi connectivity index (χ3n) is 6.36. The predicted molar refractivity (Wildman–Crippen MR) is 136 cm³/mol. The summed E-state index contributed by atoms with van der Waals surface area (Å²) in [4.78, 5) is 26.6. The molecule has 4 heterocycles. The number of urea groups is 1. The minimum absolute atomic E-state index is 0.232. The van der Waals surface area contributed by atoms with Crippen LogP contribution in [0.4, 0.5) is 9.93 Å². The van der Waals surface area contributed by atoms with Crippen molar-refractivity contribution in [2.45, 2.75) is 19.3 Å². The van der Waals surface area contributed by atoms with Crippen LogP contribution in [0.5, 0.6) is 0 Å². The van der Waals surface area contributed by atoms with Gasteiger partial charge in [0.15, 0.2) is 5.13 Å². The van der Waals surface area contributed by atoms with Gasteiger partial charge in [-0.2, -0.15) is 5.10 Å². The van der Waals surface area contributed by atoms with Crippen molar-refractivity contribution >= 4 is 34.1 Å². The molecule has 3 aromatic heterocycles. The lowest BCUT2D eigenvalue weighted by Crippen LogP contribution is -2.33. The smallest absolute Gasteiger partial charge is 0.321 e. The van der Waals surface area contributed by atoms with Crippen molar-refractivity contribution in [3.05, 3.63) is 59.3 Å². The summed E-state index contributed by atoms with van der Waals surface area (Å²) in [6.07, 6.45) is 7.65. The van der Waals surface area contributed by atoms with Gasteiger partial charge in [-0.3, -0.25) is 5.32 Å². The van der Waals surface area contributed by atoms with E-state index in [1.807, 2.05) is 28.9 Å². The fourth-order valence-electron chi connectivity index (χ4n) is 4.64. The Hall–Kier alpha value is -3.34. The van der Waals surface area contributed by atoms with Gasteiger partial charge in [-0.05, 0) is 50.4 Å². The molecule has 4 aromatic rings. The first kappa shape index (κ1) is 22.1. The van der Waals surface area contributed by atoms with Crippen LogP contribution >= 0.6 is 22.9 Å². The summed E-state index contributed by atoms with van der Waals surface area (Å²) >= 11 is 8.04. The van der Waals surface area contributed by atoms with Crippen molar-refractivity contribution < 1.29 is 4.79 Å². The maximum Gasteiger partial charge on any atom is 0.321 e. The molecule has 2 amide bonds. The Morgan fingerprint density at radius 3 is 2.89 bits per heavy atom. The highest BCUT2D eigenvalue weighted by molar-refractivity contribution is 7.19. The third kappa shape index (κ3) is 4.29. The fourth-order valence-corrected chi connectivity index (χ4v) is 5.92. The Bertz CT molecular complexity index is 1380. The summed E-state index contributed by atoms with van der Waals surface area (Å²) in [5.74, 6) is 0.471. The quantitative estimate of drug-likeness (QED) is 0.378. The molecule has 0 saturated carbocycles. The lowest BCUT2D eigenvalue weighted by Gasteiger charge is -2.14. The molecule has 6 rings (SSSR count). The first-order chi connectivity index (χ1) is 17.2. The molecule has 11 heteroatoms. The van der Waals surface area contributed by atoms with Crippen LogP contribution in [-0.4, -0.2) is 50.4 Å². The van der Waals surface area contributed by atoms with Crippen LogP contribution in [0.3, 0.4) is 0 Å². The lowest BCUT2D eigenvalue weighted by molar-refractivity contribution is 0.250. The van der Waals surface area contributed by atoms with Crippen LogP contribution in [0.15, 0.2) is 43.0 Å². The average molecular weight is 507 g/mol. The van der Waals surface area contributed by atoms with E-state index in [2.05, 4.69) is 25.9 Å². The number of rotatable bonds is 5. The van der Waals surface area contributed by atoms with Gasteiger partial charge in [-0.25, -0.2) is 24.4 Å². The van der Waals surface area contributed by atoms with Crippen LogP contribution < -0.4 is 16.0 Å². The van der Waals surface area contributed by atoms with E-state index in [0.717, 1.165) is 71.1 Å². The molecule has 1 unspecified atom stereocenters. The molecule has 1 saturated heterocycles. The van der Waals surface area contributed by atoms with E-state index in [4.69, 9.17) is 21.7 Å². The summed E-state index contributed by atoms with van der Waals surface area (Å²) in [5.41, 5.74) is 5.45.